The number of hydrogen-bond acceptors (Lipinski definition) is 1. The van der Waals surface area contributed by atoms with Gasteiger partial charge in [-0.2, -0.15) is 0 Å². The van der Waals surface area contributed by atoms with Crippen LogP contribution in [-0.4, -0.2) is 5.78 Å². The minimum absolute atomic E-state index is 0.0197. The lowest BCUT2D eigenvalue weighted by atomic mass is 10.0. The second-order valence-corrected chi connectivity index (χ2v) is 5.75. The van der Waals surface area contributed by atoms with E-state index in [4.69, 9.17) is 58.0 Å². The van der Waals surface area contributed by atoms with Crippen molar-refractivity contribution >= 4 is 63.8 Å². The molecule has 0 heterocycles. The molecule has 7 heteroatoms. The van der Waals surface area contributed by atoms with Gasteiger partial charge in [-0.3, -0.25) is 4.79 Å². The van der Waals surface area contributed by atoms with Crippen molar-refractivity contribution in [3.63, 3.8) is 0 Å². The van der Waals surface area contributed by atoms with Gasteiger partial charge in [0.1, 0.15) is 0 Å². The topological polar surface area (TPSA) is 17.1 Å². The monoisotopic (exact) mass is 370 g/mol. The van der Waals surface area contributed by atoms with Gasteiger partial charge in [0.15, 0.2) is 11.6 Å². The first-order valence-electron chi connectivity index (χ1n) is 5.16. The van der Waals surface area contributed by atoms with Crippen LogP contribution < -0.4 is 0 Å². The van der Waals surface area contributed by atoms with E-state index in [1.807, 2.05) is 0 Å². The number of hydrogen-bond donors (Lipinski definition) is 0. The Labute approximate surface area is 139 Å². The van der Waals surface area contributed by atoms with Gasteiger partial charge in [0.05, 0.1) is 36.2 Å². The molecule has 20 heavy (non-hydrogen) atoms. The summed E-state index contributed by atoms with van der Waals surface area (Å²) in [5.74, 6) is -1.57. The molecule has 0 atom stereocenters. The van der Waals surface area contributed by atoms with Crippen molar-refractivity contribution < 1.29 is 9.18 Å². The Bertz CT molecular complexity index is 714. The van der Waals surface area contributed by atoms with Gasteiger partial charge >= 0.3 is 0 Å². The molecule has 0 spiro atoms. The third kappa shape index (κ3) is 2.76. The SMILES string of the molecule is O=C(c1cccc(Cl)c1F)c1c(Cl)cc(Cl)c(Cl)c1Cl. The molecule has 2 rings (SSSR count). The average Bonchev–Trinajstić information content (AvgIpc) is 2.39. The van der Waals surface area contributed by atoms with Gasteiger partial charge in [0.2, 0.25) is 0 Å². The van der Waals surface area contributed by atoms with E-state index in [0.29, 0.717) is 0 Å². The predicted molar refractivity (Wildman–Crippen MR) is 81.3 cm³/mol. The van der Waals surface area contributed by atoms with Crippen molar-refractivity contribution in [2.75, 3.05) is 0 Å². The number of carbonyl (C=O) groups is 1. The molecule has 1 nitrogen and oxygen atoms in total. The van der Waals surface area contributed by atoms with Crippen LogP contribution in [0.2, 0.25) is 25.1 Å². The highest BCUT2D eigenvalue weighted by Crippen LogP contribution is 2.38. The molecular formula is C13H4Cl5FO. The van der Waals surface area contributed by atoms with Crippen molar-refractivity contribution in [1.29, 1.82) is 0 Å². The van der Waals surface area contributed by atoms with E-state index in [9.17, 15) is 9.18 Å². The molecule has 0 radical (unpaired) electrons. The van der Waals surface area contributed by atoms with Crippen LogP contribution in [0.4, 0.5) is 4.39 Å². The van der Waals surface area contributed by atoms with Crippen molar-refractivity contribution in [3.05, 3.63) is 66.3 Å². The lowest BCUT2D eigenvalue weighted by Crippen LogP contribution is -2.06. The molecule has 0 amide bonds. The van der Waals surface area contributed by atoms with E-state index in [1.54, 1.807) is 0 Å². The molecule has 0 aliphatic heterocycles. The second kappa shape index (κ2) is 6.08. The Balaban J connectivity index is 2.66. The lowest BCUT2D eigenvalue weighted by molar-refractivity contribution is 0.103. The first-order valence-corrected chi connectivity index (χ1v) is 7.05. The number of rotatable bonds is 2. The van der Waals surface area contributed by atoms with Gasteiger partial charge in [-0.1, -0.05) is 64.1 Å². The predicted octanol–water partition coefficient (Wildman–Crippen LogP) is 6.32. The quantitative estimate of drug-likeness (QED) is 0.342. The van der Waals surface area contributed by atoms with Crippen LogP contribution in [0.25, 0.3) is 0 Å². The standard InChI is InChI=1S/C13H4Cl5FO/c14-6-3-1-2-5(12(6)19)13(20)9-7(15)4-8(16)10(17)11(9)18/h1-4H. The molecule has 0 N–H and O–H groups in total. The molecule has 0 bridgehead atoms. The molecule has 2 aromatic carbocycles. The molecule has 0 saturated carbocycles. The zero-order chi connectivity index (χ0) is 15.0. The Hall–Kier alpha value is -0.510. The number of halogens is 6. The Morgan fingerprint density at radius 3 is 2.20 bits per heavy atom. The maximum absolute atomic E-state index is 13.9. The van der Waals surface area contributed by atoms with Crippen LogP contribution >= 0.6 is 58.0 Å². The van der Waals surface area contributed by atoms with Crippen LogP contribution in [0, 0.1) is 5.82 Å². The smallest absolute Gasteiger partial charge is 0.199 e. The minimum atomic E-state index is -0.850. The number of carbonyl (C=O) groups excluding carboxylic acids is 1. The minimum Gasteiger partial charge on any atom is -0.288 e. The molecule has 0 unspecified atom stereocenters. The summed E-state index contributed by atoms with van der Waals surface area (Å²) in [5, 5.41) is -0.251. The molecule has 2 aromatic rings. The fourth-order valence-electron chi connectivity index (χ4n) is 1.59. The highest BCUT2D eigenvalue weighted by atomic mass is 35.5. The number of ketones is 1. The summed E-state index contributed by atoms with van der Waals surface area (Å²) in [6.07, 6.45) is 0. The third-order valence-electron chi connectivity index (χ3n) is 2.54. The second-order valence-electron chi connectivity index (χ2n) is 3.77. The largest absolute Gasteiger partial charge is 0.288 e. The van der Waals surface area contributed by atoms with Crippen LogP contribution in [0.1, 0.15) is 15.9 Å². The van der Waals surface area contributed by atoms with E-state index in [0.717, 1.165) is 0 Å². The average molecular weight is 372 g/mol. The zero-order valence-corrected chi connectivity index (χ0v) is 13.3. The highest BCUT2D eigenvalue weighted by molar-refractivity contribution is 6.51. The third-order valence-corrected chi connectivity index (χ3v) is 4.39. The van der Waals surface area contributed by atoms with Crippen molar-refractivity contribution in [2.24, 2.45) is 0 Å². The molecule has 0 aliphatic rings. The maximum Gasteiger partial charge on any atom is 0.199 e. The summed E-state index contributed by atoms with van der Waals surface area (Å²) >= 11 is 29.2. The molecule has 0 aromatic heterocycles. The molecule has 0 fully saturated rings. The fourth-order valence-corrected chi connectivity index (χ4v) is 2.85. The maximum atomic E-state index is 13.9. The van der Waals surface area contributed by atoms with Crippen LogP contribution in [-0.2, 0) is 0 Å². The lowest BCUT2D eigenvalue weighted by Gasteiger charge is -2.10. The Kier molecular flexibility index (Phi) is 4.83. The summed E-state index contributed by atoms with van der Waals surface area (Å²) < 4.78 is 13.9. The summed E-state index contributed by atoms with van der Waals surface area (Å²) in [7, 11) is 0. The van der Waals surface area contributed by atoms with Gasteiger partial charge in [-0.05, 0) is 18.2 Å². The number of benzene rings is 2. The van der Waals surface area contributed by atoms with Crippen molar-refractivity contribution in [3.8, 4) is 0 Å². The summed E-state index contributed by atoms with van der Waals surface area (Å²) in [6, 6.07) is 5.31. The van der Waals surface area contributed by atoms with E-state index < -0.39 is 11.6 Å². The van der Waals surface area contributed by atoms with Crippen molar-refractivity contribution in [1.82, 2.24) is 0 Å². The van der Waals surface area contributed by atoms with Crippen molar-refractivity contribution in [2.45, 2.75) is 0 Å². The molecular weight excluding hydrogens is 368 g/mol. The van der Waals surface area contributed by atoms with Gasteiger partial charge in [0.25, 0.3) is 0 Å². The molecule has 104 valence electrons. The van der Waals surface area contributed by atoms with E-state index >= 15 is 0 Å². The van der Waals surface area contributed by atoms with Crippen LogP contribution in [0.15, 0.2) is 24.3 Å². The first-order chi connectivity index (χ1) is 9.34. The van der Waals surface area contributed by atoms with Gasteiger partial charge in [0, 0.05) is 0 Å². The zero-order valence-electron chi connectivity index (χ0n) is 9.49. The Morgan fingerprint density at radius 1 is 0.900 bits per heavy atom. The van der Waals surface area contributed by atoms with Gasteiger partial charge in [-0.25, -0.2) is 4.39 Å². The summed E-state index contributed by atoms with van der Waals surface area (Å²) in [5.41, 5.74) is -0.372. The summed E-state index contributed by atoms with van der Waals surface area (Å²) in [6.45, 7) is 0. The van der Waals surface area contributed by atoms with Gasteiger partial charge in [-0.15, -0.1) is 0 Å². The first kappa shape index (κ1) is 15.9. The van der Waals surface area contributed by atoms with E-state index in [1.165, 1.54) is 24.3 Å². The van der Waals surface area contributed by atoms with E-state index in [2.05, 4.69) is 0 Å². The molecule has 0 aliphatic carbocycles. The van der Waals surface area contributed by atoms with Crippen LogP contribution in [0.3, 0.4) is 0 Å². The van der Waals surface area contributed by atoms with E-state index in [-0.39, 0.29) is 36.2 Å². The highest BCUT2D eigenvalue weighted by Gasteiger charge is 2.24. The molecule has 0 saturated heterocycles. The Morgan fingerprint density at radius 2 is 1.55 bits per heavy atom. The van der Waals surface area contributed by atoms with Gasteiger partial charge < -0.3 is 0 Å². The summed E-state index contributed by atoms with van der Waals surface area (Å²) in [4.78, 5) is 12.4. The normalized spacial score (nSPS) is 10.7. The fraction of sp³-hybridized carbons (Fsp3) is 0. The van der Waals surface area contributed by atoms with Crippen LogP contribution in [0.5, 0.6) is 0 Å².